The Hall–Kier alpha value is -0.330. The standard InChI is InChI=1S/C10H6Cl2FIN2/c11-7-5-16(15-10(7)14)4-6-2-1-3-8(13)9(6)12/h1-3,5H,4H2. The van der Waals surface area contributed by atoms with Crippen LogP contribution in [0.15, 0.2) is 24.4 Å². The zero-order valence-corrected chi connectivity index (χ0v) is 11.6. The van der Waals surface area contributed by atoms with Crippen LogP contribution >= 0.6 is 45.8 Å². The molecule has 0 unspecified atom stereocenters. The van der Waals surface area contributed by atoms with Crippen LogP contribution in [0.4, 0.5) is 4.39 Å². The number of benzene rings is 1. The summed E-state index contributed by atoms with van der Waals surface area (Å²) in [5.74, 6) is -0.424. The summed E-state index contributed by atoms with van der Waals surface area (Å²) in [6.07, 6.45) is 1.69. The van der Waals surface area contributed by atoms with E-state index in [0.29, 0.717) is 20.8 Å². The molecule has 0 spiro atoms. The second-order valence-corrected chi connectivity index (χ2v) is 4.99. The summed E-state index contributed by atoms with van der Waals surface area (Å²) >= 11 is 13.7. The van der Waals surface area contributed by atoms with E-state index in [1.54, 1.807) is 23.0 Å². The predicted octanol–water partition coefficient (Wildman–Crippen LogP) is 3.98. The highest BCUT2D eigenvalue weighted by atomic mass is 127. The highest BCUT2D eigenvalue weighted by Crippen LogP contribution is 2.22. The van der Waals surface area contributed by atoms with E-state index in [4.69, 9.17) is 23.2 Å². The molecular formula is C10H6Cl2FIN2. The van der Waals surface area contributed by atoms with Crippen LogP contribution in [0.5, 0.6) is 0 Å². The Kier molecular flexibility index (Phi) is 3.71. The summed E-state index contributed by atoms with van der Waals surface area (Å²) in [6.45, 7) is 0.402. The third-order valence-electron chi connectivity index (χ3n) is 2.04. The van der Waals surface area contributed by atoms with Crippen molar-refractivity contribution in [2.75, 3.05) is 0 Å². The highest BCUT2D eigenvalue weighted by Gasteiger charge is 2.08. The van der Waals surface area contributed by atoms with Crippen molar-refractivity contribution in [3.05, 3.63) is 49.5 Å². The maximum Gasteiger partial charge on any atom is 0.142 e. The minimum Gasteiger partial charge on any atom is -0.266 e. The van der Waals surface area contributed by atoms with E-state index in [-0.39, 0.29) is 5.02 Å². The summed E-state index contributed by atoms with van der Waals surface area (Å²) in [4.78, 5) is 0. The largest absolute Gasteiger partial charge is 0.266 e. The van der Waals surface area contributed by atoms with Crippen molar-refractivity contribution in [3.63, 3.8) is 0 Å². The molecule has 1 aromatic carbocycles. The predicted molar refractivity (Wildman–Crippen MR) is 70.5 cm³/mol. The van der Waals surface area contributed by atoms with Gasteiger partial charge < -0.3 is 0 Å². The van der Waals surface area contributed by atoms with Gasteiger partial charge in [0.25, 0.3) is 0 Å². The molecule has 0 atom stereocenters. The lowest BCUT2D eigenvalue weighted by atomic mass is 10.2. The molecule has 0 aliphatic heterocycles. The first-order valence-electron chi connectivity index (χ1n) is 4.39. The molecule has 0 N–H and O–H groups in total. The van der Waals surface area contributed by atoms with Crippen molar-refractivity contribution >= 4 is 45.8 Å². The number of aromatic nitrogens is 2. The SMILES string of the molecule is Fc1cccc(Cn2cc(Cl)c(I)n2)c1Cl. The van der Waals surface area contributed by atoms with Crippen LogP contribution in [-0.4, -0.2) is 9.78 Å². The van der Waals surface area contributed by atoms with Crippen molar-refractivity contribution in [2.45, 2.75) is 6.54 Å². The minimum atomic E-state index is -0.424. The molecule has 1 heterocycles. The zero-order valence-electron chi connectivity index (χ0n) is 7.92. The van der Waals surface area contributed by atoms with Crippen molar-refractivity contribution in [1.82, 2.24) is 9.78 Å². The molecule has 2 aromatic rings. The van der Waals surface area contributed by atoms with E-state index >= 15 is 0 Å². The lowest BCUT2D eigenvalue weighted by Crippen LogP contribution is -2.01. The van der Waals surface area contributed by atoms with E-state index in [1.807, 2.05) is 22.6 Å². The molecule has 0 aliphatic rings. The van der Waals surface area contributed by atoms with Crippen LogP contribution in [0.3, 0.4) is 0 Å². The molecule has 1 aromatic heterocycles. The van der Waals surface area contributed by atoms with Gasteiger partial charge in [0.2, 0.25) is 0 Å². The summed E-state index contributed by atoms with van der Waals surface area (Å²) in [5, 5.41) is 4.87. The first-order valence-corrected chi connectivity index (χ1v) is 6.22. The van der Waals surface area contributed by atoms with Crippen molar-refractivity contribution in [2.24, 2.45) is 0 Å². The van der Waals surface area contributed by atoms with Gasteiger partial charge in [-0.2, -0.15) is 5.10 Å². The summed E-state index contributed by atoms with van der Waals surface area (Å²) in [6, 6.07) is 4.70. The lowest BCUT2D eigenvalue weighted by Gasteiger charge is -2.04. The van der Waals surface area contributed by atoms with Gasteiger partial charge in [-0.15, -0.1) is 0 Å². The van der Waals surface area contributed by atoms with Crippen LogP contribution in [0, 0.1) is 9.52 Å². The average molecular weight is 371 g/mol. The first kappa shape index (κ1) is 12.1. The molecule has 6 heteroatoms. The van der Waals surface area contributed by atoms with Gasteiger partial charge in [0.15, 0.2) is 0 Å². The molecule has 0 radical (unpaired) electrons. The number of hydrogen-bond donors (Lipinski definition) is 0. The van der Waals surface area contributed by atoms with Gasteiger partial charge >= 0.3 is 0 Å². The second kappa shape index (κ2) is 4.89. The number of nitrogens with zero attached hydrogens (tertiary/aromatic N) is 2. The fourth-order valence-electron chi connectivity index (χ4n) is 1.30. The quantitative estimate of drug-likeness (QED) is 0.731. The minimum absolute atomic E-state index is 0.129. The Labute approximate surface area is 115 Å². The number of rotatable bonds is 2. The molecule has 0 fully saturated rings. The third-order valence-corrected chi connectivity index (χ3v) is 3.86. The average Bonchev–Trinajstić information content (AvgIpc) is 2.54. The summed E-state index contributed by atoms with van der Waals surface area (Å²) < 4.78 is 15.5. The Morgan fingerprint density at radius 1 is 1.38 bits per heavy atom. The van der Waals surface area contributed by atoms with E-state index < -0.39 is 5.82 Å². The van der Waals surface area contributed by atoms with Gasteiger partial charge in [-0.1, -0.05) is 35.3 Å². The van der Waals surface area contributed by atoms with Crippen LogP contribution in [0.1, 0.15) is 5.56 Å². The van der Waals surface area contributed by atoms with Gasteiger partial charge in [0.05, 0.1) is 16.6 Å². The number of halogens is 4. The van der Waals surface area contributed by atoms with Gasteiger partial charge in [-0.25, -0.2) is 4.39 Å². The van der Waals surface area contributed by atoms with Crippen molar-refractivity contribution < 1.29 is 4.39 Å². The Bertz CT molecular complexity index is 508. The molecule has 0 amide bonds. The topological polar surface area (TPSA) is 17.8 Å². The normalized spacial score (nSPS) is 10.8. The van der Waals surface area contributed by atoms with E-state index in [1.165, 1.54) is 6.07 Å². The van der Waals surface area contributed by atoms with Crippen molar-refractivity contribution in [3.8, 4) is 0 Å². The maximum absolute atomic E-state index is 13.2. The lowest BCUT2D eigenvalue weighted by molar-refractivity contribution is 0.619. The Balaban J connectivity index is 2.30. The second-order valence-electron chi connectivity index (χ2n) is 3.18. The fourth-order valence-corrected chi connectivity index (χ4v) is 2.05. The van der Waals surface area contributed by atoms with Crippen LogP contribution in [0.2, 0.25) is 10.0 Å². The van der Waals surface area contributed by atoms with E-state index in [9.17, 15) is 4.39 Å². The highest BCUT2D eigenvalue weighted by molar-refractivity contribution is 14.1. The number of hydrogen-bond acceptors (Lipinski definition) is 1. The molecule has 2 rings (SSSR count). The van der Waals surface area contributed by atoms with Crippen molar-refractivity contribution in [1.29, 1.82) is 0 Å². The molecule has 0 aliphatic carbocycles. The first-order chi connectivity index (χ1) is 7.58. The molecule has 0 saturated heterocycles. The maximum atomic E-state index is 13.2. The summed E-state index contributed by atoms with van der Waals surface area (Å²) in [7, 11) is 0. The van der Waals surface area contributed by atoms with Gasteiger partial charge in [-0.3, -0.25) is 4.68 Å². The smallest absolute Gasteiger partial charge is 0.142 e. The fraction of sp³-hybridized carbons (Fsp3) is 0.100. The molecule has 0 bridgehead atoms. The molecule has 16 heavy (non-hydrogen) atoms. The molecule has 2 nitrogen and oxygen atoms in total. The Morgan fingerprint density at radius 2 is 2.12 bits per heavy atom. The monoisotopic (exact) mass is 370 g/mol. The van der Waals surface area contributed by atoms with Crippen LogP contribution in [0.25, 0.3) is 0 Å². The van der Waals surface area contributed by atoms with E-state index in [2.05, 4.69) is 5.10 Å². The van der Waals surface area contributed by atoms with Gasteiger partial charge in [-0.05, 0) is 34.2 Å². The molecule has 84 valence electrons. The third kappa shape index (κ3) is 2.49. The molecule has 0 saturated carbocycles. The van der Waals surface area contributed by atoms with Crippen LogP contribution in [-0.2, 0) is 6.54 Å². The van der Waals surface area contributed by atoms with Gasteiger partial charge in [0.1, 0.15) is 9.52 Å². The summed E-state index contributed by atoms with van der Waals surface area (Å²) in [5.41, 5.74) is 0.678. The van der Waals surface area contributed by atoms with Gasteiger partial charge in [0, 0.05) is 6.20 Å². The van der Waals surface area contributed by atoms with E-state index in [0.717, 1.165) is 0 Å². The molecular weight excluding hydrogens is 365 g/mol. The van der Waals surface area contributed by atoms with Crippen LogP contribution < -0.4 is 0 Å². The Morgan fingerprint density at radius 3 is 2.75 bits per heavy atom. The zero-order chi connectivity index (χ0) is 11.7.